The van der Waals surface area contributed by atoms with Crippen molar-refractivity contribution in [1.82, 2.24) is 0 Å². The Morgan fingerprint density at radius 1 is 1.35 bits per heavy atom. The zero-order valence-electron chi connectivity index (χ0n) is 9.77. The highest BCUT2D eigenvalue weighted by molar-refractivity contribution is 7.12. The van der Waals surface area contributed by atoms with E-state index < -0.39 is 0 Å². The molecular formula is C14H15NOS. The number of aryl methyl sites for hydroxylation is 2. The molecule has 1 aromatic carbocycles. The third kappa shape index (κ3) is 2.94. The average Bonchev–Trinajstić information content (AvgIpc) is 2.72. The Labute approximate surface area is 105 Å². The highest BCUT2D eigenvalue weighted by Gasteiger charge is 2.10. The van der Waals surface area contributed by atoms with Crippen molar-refractivity contribution in [3.05, 3.63) is 51.7 Å². The Bertz CT molecular complexity index is 531. The molecule has 0 atom stereocenters. The number of anilines is 1. The van der Waals surface area contributed by atoms with Crippen LogP contribution in [0.15, 0.2) is 35.7 Å². The van der Waals surface area contributed by atoms with Gasteiger partial charge in [-0.2, -0.15) is 0 Å². The second kappa shape index (κ2) is 5.15. The minimum atomic E-state index is 0.222. The van der Waals surface area contributed by atoms with Crippen molar-refractivity contribution >= 4 is 22.8 Å². The number of carbonyl (C=O) groups excluding carboxylic acids is 1. The quantitative estimate of drug-likeness (QED) is 0.662. The van der Waals surface area contributed by atoms with Crippen LogP contribution >= 0.6 is 11.3 Å². The molecule has 0 amide bonds. The van der Waals surface area contributed by atoms with Crippen LogP contribution in [0.5, 0.6) is 0 Å². The van der Waals surface area contributed by atoms with E-state index in [4.69, 9.17) is 5.73 Å². The van der Waals surface area contributed by atoms with Gasteiger partial charge in [0.15, 0.2) is 5.78 Å². The molecule has 0 saturated carbocycles. The molecule has 3 heteroatoms. The van der Waals surface area contributed by atoms with Crippen LogP contribution in [0.4, 0.5) is 5.69 Å². The molecule has 1 heterocycles. The normalized spacial score (nSPS) is 10.4. The van der Waals surface area contributed by atoms with Gasteiger partial charge in [-0.1, -0.05) is 12.1 Å². The molecule has 2 nitrogen and oxygen atoms in total. The Morgan fingerprint density at radius 2 is 2.18 bits per heavy atom. The van der Waals surface area contributed by atoms with Gasteiger partial charge in [0.25, 0.3) is 0 Å². The van der Waals surface area contributed by atoms with Crippen molar-refractivity contribution in [1.29, 1.82) is 0 Å². The number of carbonyl (C=O) groups is 1. The molecule has 0 bridgehead atoms. The van der Waals surface area contributed by atoms with Gasteiger partial charge < -0.3 is 5.73 Å². The van der Waals surface area contributed by atoms with Crippen molar-refractivity contribution in [2.75, 3.05) is 5.73 Å². The predicted molar refractivity (Wildman–Crippen MR) is 72.6 cm³/mol. The predicted octanol–water partition coefficient (Wildman–Crippen LogP) is 3.45. The molecule has 88 valence electrons. The molecule has 2 aromatic rings. The molecule has 0 spiro atoms. The lowest BCUT2D eigenvalue weighted by atomic mass is 10.1. The molecular weight excluding hydrogens is 230 g/mol. The first-order valence-corrected chi connectivity index (χ1v) is 6.46. The van der Waals surface area contributed by atoms with E-state index in [1.165, 1.54) is 11.3 Å². The van der Waals surface area contributed by atoms with E-state index in [1.54, 1.807) is 0 Å². The van der Waals surface area contributed by atoms with E-state index in [0.717, 1.165) is 28.1 Å². The summed E-state index contributed by atoms with van der Waals surface area (Å²) in [5.74, 6) is 0.222. The molecule has 2 rings (SSSR count). The van der Waals surface area contributed by atoms with Gasteiger partial charge in [-0.15, -0.1) is 11.3 Å². The Hall–Kier alpha value is -1.61. The largest absolute Gasteiger partial charge is 0.399 e. The van der Waals surface area contributed by atoms with Crippen LogP contribution in [0.1, 0.15) is 27.2 Å². The summed E-state index contributed by atoms with van der Waals surface area (Å²) in [5.41, 5.74) is 8.65. The Balaban J connectivity index is 1.99. The smallest absolute Gasteiger partial charge is 0.173 e. The number of thiophene rings is 1. The standard InChI is InChI=1S/C14H15NOS/c1-10-7-8-17-14(10)13(16)6-5-11-3-2-4-12(15)9-11/h2-4,7-9H,5-6,15H2,1H3. The van der Waals surface area contributed by atoms with Crippen LogP contribution in [0, 0.1) is 6.92 Å². The van der Waals surface area contributed by atoms with Crippen LogP contribution in [0.3, 0.4) is 0 Å². The maximum absolute atomic E-state index is 12.0. The van der Waals surface area contributed by atoms with Crippen LogP contribution in [-0.4, -0.2) is 5.78 Å². The molecule has 1 aromatic heterocycles. The first-order chi connectivity index (χ1) is 8.16. The van der Waals surface area contributed by atoms with Gasteiger partial charge >= 0.3 is 0 Å². The zero-order chi connectivity index (χ0) is 12.3. The summed E-state index contributed by atoms with van der Waals surface area (Å²) < 4.78 is 0. The number of rotatable bonds is 4. The summed E-state index contributed by atoms with van der Waals surface area (Å²) in [6.45, 7) is 1.98. The molecule has 0 radical (unpaired) electrons. The number of hydrogen-bond donors (Lipinski definition) is 1. The molecule has 17 heavy (non-hydrogen) atoms. The maximum atomic E-state index is 12.0. The maximum Gasteiger partial charge on any atom is 0.173 e. The fourth-order valence-electron chi connectivity index (χ4n) is 1.78. The first kappa shape index (κ1) is 11.9. The van der Waals surface area contributed by atoms with E-state index in [1.807, 2.05) is 42.6 Å². The second-order valence-corrected chi connectivity index (χ2v) is 5.02. The highest BCUT2D eigenvalue weighted by Crippen LogP contribution is 2.19. The van der Waals surface area contributed by atoms with E-state index in [9.17, 15) is 4.79 Å². The van der Waals surface area contributed by atoms with Gasteiger partial charge in [-0.25, -0.2) is 0 Å². The van der Waals surface area contributed by atoms with Crippen LogP contribution < -0.4 is 5.73 Å². The molecule has 0 aliphatic rings. The lowest BCUT2D eigenvalue weighted by Gasteiger charge is -2.02. The lowest BCUT2D eigenvalue weighted by Crippen LogP contribution is -2.00. The molecule has 0 fully saturated rings. The van der Waals surface area contributed by atoms with Gasteiger partial charge in [0.05, 0.1) is 4.88 Å². The SMILES string of the molecule is Cc1ccsc1C(=O)CCc1cccc(N)c1. The van der Waals surface area contributed by atoms with Crippen molar-refractivity contribution in [2.45, 2.75) is 19.8 Å². The summed E-state index contributed by atoms with van der Waals surface area (Å²) in [7, 11) is 0. The van der Waals surface area contributed by atoms with Crippen LogP contribution in [0.25, 0.3) is 0 Å². The van der Waals surface area contributed by atoms with E-state index >= 15 is 0 Å². The van der Waals surface area contributed by atoms with Crippen molar-refractivity contribution in [3.8, 4) is 0 Å². The minimum Gasteiger partial charge on any atom is -0.399 e. The Kier molecular flexibility index (Phi) is 3.59. The van der Waals surface area contributed by atoms with Crippen LogP contribution in [0.2, 0.25) is 0 Å². The van der Waals surface area contributed by atoms with E-state index in [2.05, 4.69) is 0 Å². The van der Waals surface area contributed by atoms with Gasteiger partial charge in [-0.05, 0) is 48.1 Å². The zero-order valence-corrected chi connectivity index (χ0v) is 10.6. The fourth-order valence-corrected chi connectivity index (χ4v) is 2.67. The number of nitrogens with two attached hydrogens (primary N) is 1. The molecule has 0 unspecified atom stereocenters. The molecule has 0 aliphatic heterocycles. The molecule has 0 aliphatic carbocycles. The van der Waals surface area contributed by atoms with Crippen molar-refractivity contribution < 1.29 is 4.79 Å². The fraction of sp³-hybridized carbons (Fsp3) is 0.214. The average molecular weight is 245 g/mol. The number of hydrogen-bond acceptors (Lipinski definition) is 3. The summed E-state index contributed by atoms with van der Waals surface area (Å²) in [6.07, 6.45) is 1.30. The third-order valence-corrected chi connectivity index (χ3v) is 3.76. The van der Waals surface area contributed by atoms with E-state index in [-0.39, 0.29) is 5.78 Å². The van der Waals surface area contributed by atoms with Gasteiger partial charge in [-0.3, -0.25) is 4.79 Å². The summed E-state index contributed by atoms with van der Waals surface area (Å²) in [4.78, 5) is 12.8. The summed E-state index contributed by atoms with van der Waals surface area (Å²) >= 11 is 1.52. The summed E-state index contributed by atoms with van der Waals surface area (Å²) in [6, 6.07) is 9.69. The number of ketones is 1. The van der Waals surface area contributed by atoms with E-state index in [0.29, 0.717) is 6.42 Å². The van der Waals surface area contributed by atoms with Crippen molar-refractivity contribution in [2.24, 2.45) is 0 Å². The molecule has 0 saturated heterocycles. The van der Waals surface area contributed by atoms with Gasteiger partial charge in [0, 0.05) is 12.1 Å². The number of benzene rings is 1. The molecule has 2 N–H and O–H groups in total. The highest BCUT2D eigenvalue weighted by atomic mass is 32.1. The minimum absolute atomic E-state index is 0.222. The van der Waals surface area contributed by atoms with Gasteiger partial charge in [0.2, 0.25) is 0 Å². The first-order valence-electron chi connectivity index (χ1n) is 5.58. The topological polar surface area (TPSA) is 43.1 Å². The van der Waals surface area contributed by atoms with Gasteiger partial charge in [0.1, 0.15) is 0 Å². The summed E-state index contributed by atoms with van der Waals surface area (Å²) in [5, 5.41) is 1.96. The third-order valence-electron chi connectivity index (χ3n) is 2.71. The van der Waals surface area contributed by atoms with Crippen LogP contribution in [-0.2, 0) is 6.42 Å². The Morgan fingerprint density at radius 3 is 2.82 bits per heavy atom. The number of Topliss-reactive ketones (excluding diaryl/α,β-unsaturated/α-hetero) is 1. The van der Waals surface area contributed by atoms with Crippen molar-refractivity contribution in [3.63, 3.8) is 0 Å². The monoisotopic (exact) mass is 245 g/mol. The second-order valence-electron chi connectivity index (χ2n) is 4.10. The lowest BCUT2D eigenvalue weighted by molar-refractivity contribution is 0.0986. The number of nitrogen functional groups attached to an aromatic ring is 1.